The molecule has 0 atom stereocenters. The molecule has 0 spiro atoms. The number of anilines is 2. The Hall–Kier alpha value is -2.20. The van der Waals surface area contributed by atoms with Gasteiger partial charge in [-0.1, -0.05) is 0 Å². The van der Waals surface area contributed by atoms with Crippen molar-refractivity contribution in [1.29, 1.82) is 0 Å². The van der Waals surface area contributed by atoms with Gasteiger partial charge >= 0.3 is 0 Å². The molecule has 0 bridgehead atoms. The first-order valence-corrected chi connectivity index (χ1v) is 10.2. The molecule has 0 heterocycles. The highest BCUT2D eigenvalue weighted by Crippen LogP contribution is 2.34. The van der Waals surface area contributed by atoms with E-state index in [1.165, 1.54) is 12.1 Å². The van der Waals surface area contributed by atoms with E-state index in [0.29, 0.717) is 0 Å². The quantitative estimate of drug-likeness (QED) is 0.794. The third-order valence-corrected chi connectivity index (χ3v) is 4.78. The van der Waals surface area contributed by atoms with E-state index in [2.05, 4.69) is 0 Å². The number of nitrogen functional groups attached to an aromatic ring is 1. The number of sulfone groups is 1. The maximum atomic E-state index is 14.8. The maximum Gasteiger partial charge on any atom is 0.229 e. The average molecular weight is 376 g/mol. The predicted octanol–water partition coefficient (Wildman–Crippen LogP) is 1.99. The monoisotopic (exact) mass is 376 g/mol. The number of hydrogen-bond donors (Lipinski definition) is 2. The number of halogens is 2. The first-order valence-electron chi connectivity index (χ1n) is 6.46. The first-order chi connectivity index (χ1) is 10.9. The van der Waals surface area contributed by atoms with Gasteiger partial charge in [0, 0.05) is 23.1 Å². The van der Waals surface area contributed by atoms with Gasteiger partial charge in [0.25, 0.3) is 0 Å². The number of sulfonamides is 1. The molecule has 10 heteroatoms. The second-order valence-electron chi connectivity index (χ2n) is 5.19. The zero-order valence-corrected chi connectivity index (χ0v) is 14.3. The highest BCUT2D eigenvalue weighted by molar-refractivity contribution is 7.92. The molecule has 0 aliphatic heterocycles. The number of benzene rings is 2. The van der Waals surface area contributed by atoms with Gasteiger partial charge in [0.05, 0.1) is 11.9 Å². The topological polar surface area (TPSA) is 106 Å². The maximum absolute atomic E-state index is 14.8. The Morgan fingerprint density at radius 1 is 0.958 bits per heavy atom. The summed E-state index contributed by atoms with van der Waals surface area (Å²) in [6, 6.07) is 5.66. The normalized spacial score (nSPS) is 12.2. The van der Waals surface area contributed by atoms with Crippen molar-refractivity contribution in [3.63, 3.8) is 0 Å². The molecule has 0 aromatic heterocycles. The average Bonchev–Trinajstić information content (AvgIpc) is 2.36. The van der Waals surface area contributed by atoms with Gasteiger partial charge in [0.2, 0.25) is 10.0 Å². The fourth-order valence-corrected chi connectivity index (χ4v) is 3.74. The van der Waals surface area contributed by atoms with Gasteiger partial charge in [-0.25, -0.2) is 25.6 Å². The van der Waals surface area contributed by atoms with E-state index in [1.807, 2.05) is 4.72 Å². The van der Waals surface area contributed by atoms with Gasteiger partial charge in [-0.15, -0.1) is 0 Å². The Kier molecular flexibility index (Phi) is 4.55. The molecule has 24 heavy (non-hydrogen) atoms. The first kappa shape index (κ1) is 18.1. The van der Waals surface area contributed by atoms with Crippen LogP contribution in [-0.2, 0) is 19.9 Å². The van der Waals surface area contributed by atoms with E-state index in [1.54, 1.807) is 0 Å². The summed E-state index contributed by atoms with van der Waals surface area (Å²) in [5, 5.41) is 0. The fraction of sp³-hybridized carbons (Fsp3) is 0.143. The van der Waals surface area contributed by atoms with Gasteiger partial charge in [0.15, 0.2) is 15.7 Å². The third kappa shape index (κ3) is 3.82. The number of rotatable bonds is 4. The van der Waals surface area contributed by atoms with Crippen molar-refractivity contribution in [3.8, 4) is 11.1 Å². The van der Waals surface area contributed by atoms with E-state index >= 15 is 0 Å². The highest BCUT2D eigenvalue weighted by atomic mass is 32.2. The van der Waals surface area contributed by atoms with Crippen molar-refractivity contribution in [2.45, 2.75) is 4.90 Å². The van der Waals surface area contributed by atoms with Crippen LogP contribution < -0.4 is 10.5 Å². The molecule has 2 aromatic rings. The van der Waals surface area contributed by atoms with Crippen LogP contribution in [0.3, 0.4) is 0 Å². The van der Waals surface area contributed by atoms with E-state index in [4.69, 9.17) is 5.73 Å². The smallest absolute Gasteiger partial charge is 0.229 e. The standard InChI is InChI=1S/C14H14F2N2O4S2/c1-23(19,20)14-12(18-24(2,21)22)6-5-10(13(14)16)9-4-3-8(17)7-11(9)15/h3-7,18H,17H2,1-2H3. The summed E-state index contributed by atoms with van der Waals surface area (Å²) in [6.45, 7) is 0. The Morgan fingerprint density at radius 3 is 2.04 bits per heavy atom. The van der Waals surface area contributed by atoms with Gasteiger partial charge in [-0.05, 0) is 30.3 Å². The van der Waals surface area contributed by atoms with Gasteiger partial charge in [-0.2, -0.15) is 0 Å². The largest absolute Gasteiger partial charge is 0.399 e. The summed E-state index contributed by atoms with van der Waals surface area (Å²) in [6.07, 6.45) is 1.52. The lowest BCUT2D eigenvalue weighted by Crippen LogP contribution is -2.14. The summed E-state index contributed by atoms with van der Waals surface area (Å²) >= 11 is 0. The summed E-state index contributed by atoms with van der Waals surface area (Å²) in [5.74, 6) is -2.09. The van der Waals surface area contributed by atoms with Crippen molar-refractivity contribution in [3.05, 3.63) is 42.0 Å². The van der Waals surface area contributed by atoms with Crippen LogP contribution in [0.25, 0.3) is 11.1 Å². The van der Waals surface area contributed by atoms with Gasteiger partial charge in [0.1, 0.15) is 10.7 Å². The summed E-state index contributed by atoms with van der Waals surface area (Å²) in [7, 11) is -7.98. The van der Waals surface area contributed by atoms with Crippen LogP contribution >= 0.6 is 0 Å². The Morgan fingerprint density at radius 2 is 1.54 bits per heavy atom. The number of nitrogens with two attached hydrogens (primary N) is 1. The predicted molar refractivity (Wildman–Crippen MR) is 87.8 cm³/mol. The number of hydrogen-bond acceptors (Lipinski definition) is 5. The minimum Gasteiger partial charge on any atom is -0.399 e. The molecule has 6 nitrogen and oxygen atoms in total. The van der Waals surface area contributed by atoms with Crippen LogP contribution in [0.4, 0.5) is 20.2 Å². The van der Waals surface area contributed by atoms with Crippen LogP contribution in [-0.4, -0.2) is 29.3 Å². The second-order valence-corrected chi connectivity index (χ2v) is 8.89. The molecule has 0 unspecified atom stereocenters. The van der Waals surface area contributed by atoms with E-state index < -0.39 is 42.1 Å². The molecule has 0 amide bonds. The molecule has 130 valence electrons. The van der Waals surface area contributed by atoms with Crippen molar-refractivity contribution in [1.82, 2.24) is 0 Å². The lowest BCUT2D eigenvalue weighted by molar-refractivity contribution is 0.572. The molecule has 0 saturated heterocycles. The van der Waals surface area contributed by atoms with Crippen molar-refractivity contribution in [2.75, 3.05) is 23.0 Å². The Labute approximate surface area is 138 Å². The summed E-state index contributed by atoms with van der Waals surface area (Å²) in [4.78, 5) is -0.860. The molecular weight excluding hydrogens is 362 g/mol. The minimum absolute atomic E-state index is 0.121. The Bertz CT molecular complexity index is 1020. The molecule has 0 radical (unpaired) electrons. The fourth-order valence-electron chi connectivity index (χ4n) is 2.16. The molecule has 2 rings (SSSR count). The molecule has 0 saturated carbocycles. The molecular formula is C14H14F2N2O4S2. The molecule has 0 aliphatic carbocycles. The Balaban J connectivity index is 2.78. The van der Waals surface area contributed by atoms with Crippen LogP contribution in [0.2, 0.25) is 0 Å². The highest BCUT2D eigenvalue weighted by Gasteiger charge is 2.25. The zero-order chi connectivity index (χ0) is 18.3. The molecule has 0 aliphatic rings. The van der Waals surface area contributed by atoms with Crippen molar-refractivity contribution >= 4 is 31.2 Å². The summed E-state index contributed by atoms with van der Waals surface area (Å²) in [5.41, 5.74) is 4.58. The van der Waals surface area contributed by atoms with Crippen LogP contribution in [0.1, 0.15) is 0 Å². The van der Waals surface area contributed by atoms with E-state index in [9.17, 15) is 25.6 Å². The number of nitrogens with one attached hydrogen (secondary N) is 1. The SMILES string of the molecule is CS(=O)(=O)Nc1ccc(-c2ccc(N)cc2F)c(F)c1S(C)(=O)=O. The van der Waals surface area contributed by atoms with Crippen molar-refractivity contribution < 1.29 is 25.6 Å². The minimum atomic E-state index is -4.14. The third-order valence-electron chi connectivity index (χ3n) is 3.05. The second kappa shape index (κ2) is 6.02. The molecule has 3 N–H and O–H groups in total. The lowest BCUT2D eigenvalue weighted by Gasteiger charge is -2.14. The lowest BCUT2D eigenvalue weighted by atomic mass is 10.0. The van der Waals surface area contributed by atoms with Crippen LogP contribution in [0.15, 0.2) is 35.2 Å². The van der Waals surface area contributed by atoms with Gasteiger partial charge < -0.3 is 5.73 Å². The molecule has 2 aromatic carbocycles. The van der Waals surface area contributed by atoms with Crippen LogP contribution in [0, 0.1) is 11.6 Å². The molecule has 0 fully saturated rings. The van der Waals surface area contributed by atoms with Crippen molar-refractivity contribution in [2.24, 2.45) is 0 Å². The van der Waals surface area contributed by atoms with Gasteiger partial charge in [-0.3, -0.25) is 4.72 Å². The van der Waals surface area contributed by atoms with E-state index in [0.717, 1.165) is 30.7 Å². The van der Waals surface area contributed by atoms with Crippen LogP contribution in [0.5, 0.6) is 0 Å². The zero-order valence-electron chi connectivity index (χ0n) is 12.7. The van der Waals surface area contributed by atoms with E-state index in [-0.39, 0.29) is 16.8 Å². The summed E-state index contributed by atoms with van der Waals surface area (Å²) < 4.78 is 77.2.